The van der Waals surface area contributed by atoms with Crippen molar-refractivity contribution in [1.82, 2.24) is 0 Å². The summed E-state index contributed by atoms with van der Waals surface area (Å²) < 4.78 is 0.414. The number of aliphatic hydroxyl groups is 2. The Bertz CT molecular complexity index is 237. The van der Waals surface area contributed by atoms with E-state index in [2.05, 4.69) is 43.3 Å². The SMILES string of the molecule is C=CC(N)=O.NC(=O)CI.OC[C@@H](O)[C@H](S)CS. The molecule has 0 bridgehead atoms. The molecule has 0 spiro atoms. The first-order valence-corrected chi connectivity index (χ1v) is 7.28. The second-order valence-electron chi connectivity index (χ2n) is 2.71. The minimum Gasteiger partial charge on any atom is -0.394 e. The molecule has 0 aliphatic rings. The molecule has 9 heteroatoms. The molecule has 6 N–H and O–H groups in total. The second kappa shape index (κ2) is 17.0. The molecule has 0 aromatic heterocycles. The van der Waals surface area contributed by atoms with Crippen molar-refractivity contribution in [3.63, 3.8) is 0 Å². The Labute approximate surface area is 131 Å². The van der Waals surface area contributed by atoms with Gasteiger partial charge in [-0.3, -0.25) is 9.59 Å². The van der Waals surface area contributed by atoms with Crippen molar-refractivity contribution in [2.45, 2.75) is 11.4 Å². The van der Waals surface area contributed by atoms with E-state index in [0.717, 1.165) is 6.08 Å². The molecule has 0 saturated heterocycles. The van der Waals surface area contributed by atoms with Crippen LogP contribution >= 0.6 is 47.8 Å². The molecule has 0 unspecified atom stereocenters. The average molecular weight is 410 g/mol. The summed E-state index contributed by atoms with van der Waals surface area (Å²) in [7, 11) is 0. The lowest BCUT2D eigenvalue weighted by atomic mass is 10.3. The van der Waals surface area contributed by atoms with E-state index in [1.807, 2.05) is 22.6 Å². The van der Waals surface area contributed by atoms with Crippen molar-refractivity contribution >= 4 is 59.7 Å². The molecular weight excluding hydrogens is 391 g/mol. The van der Waals surface area contributed by atoms with Crippen LogP contribution in [0.1, 0.15) is 0 Å². The van der Waals surface area contributed by atoms with Crippen molar-refractivity contribution in [2.75, 3.05) is 16.8 Å². The molecule has 0 aliphatic heterocycles. The maximum atomic E-state index is 9.58. The van der Waals surface area contributed by atoms with Crippen LogP contribution < -0.4 is 11.5 Å². The molecule has 2 atom stereocenters. The van der Waals surface area contributed by atoms with Gasteiger partial charge in [0, 0.05) is 11.0 Å². The largest absolute Gasteiger partial charge is 0.394 e. The molecule has 6 nitrogen and oxygen atoms in total. The normalized spacial score (nSPS) is 11.8. The number of halogens is 1. The first-order chi connectivity index (χ1) is 8.26. The second-order valence-corrected chi connectivity index (χ2v) is 4.50. The molecule has 0 aliphatic carbocycles. The summed E-state index contributed by atoms with van der Waals surface area (Å²) >= 11 is 9.68. The molecule has 2 amide bonds. The summed E-state index contributed by atoms with van der Waals surface area (Å²) in [5.41, 5.74) is 9.18. The van der Waals surface area contributed by atoms with Crippen molar-refractivity contribution in [1.29, 1.82) is 0 Å². The highest BCUT2D eigenvalue weighted by Crippen LogP contribution is 2.02. The van der Waals surface area contributed by atoms with Gasteiger partial charge in [-0.25, -0.2) is 0 Å². The Morgan fingerprint density at radius 3 is 1.83 bits per heavy atom. The predicted octanol–water partition coefficient (Wildman–Crippen LogP) is -0.868. The number of primary amides is 2. The Hall–Kier alpha value is 0.0300. The van der Waals surface area contributed by atoms with Gasteiger partial charge >= 0.3 is 0 Å². The molecule has 0 rings (SSSR count). The van der Waals surface area contributed by atoms with Gasteiger partial charge in [0.1, 0.15) is 0 Å². The van der Waals surface area contributed by atoms with Gasteiger partial charge in [-0.15, -0.1) is 0 Å². The lowest BCUT2D eigenvalue weighted by molar-refractivity contribution is -0.115. The van der Waals surface area contributed by atoms with Crippen LogP contribution in [0.3, 0.4) is 0 Å². The van der Waals surface area contributed by atoms with Gasteiger partial charge in [0.05, 0.1) is 17.1 Å². The number of hydrogen-bond acceptors (Lipinski definition) is 6. The molecular formula is C9H19IN2O4S2. The zero-order valence-electron chi connectivity index (χ0n) is 9.70. The molecule has 0 heterocycles. The van der Waals surface area contributed by atoms with Gasteiger partial charge in [0.2, 0.25) is 11.8 Å². The third-order valence-electron chi connectivity index (χ3n) is 1.15. The van der Waals surface area contributed by atoms with Crippen molar-refractivity contribution in [3.8, 4) is 0 Å². The van der Waals surface area contributed by atoms with Crippen molar-refractivity contribution in [2.24, 2.45) is 11.5 Å². The van der Waals surface area contributed by atoms with E-state index >= 15 is 0 Å². The minimum absolute atomic E-state index is 0.219. The molecule has 0 radical (unpaired) electrons. The van der Waals surface area contributed by atoms with Crippen LogP contribution in [-0.2, 0) is 9.59 Å². The van der Waals surface area contributed by atoms with Crippen LogP contribution in [0.15, 0.2) is 12.7 Å². The summed E-state index contributed by atoms with van der Waals surface area (Å²) in [4.78, 5) is 19.1. The van der Waals surface area contributed by atoms with E-state index in [4.69, 9.17) is 10.2 Å². The molecule has 18 heavy (non-hydrogen) atoms. The summed E-state index contributed by atoms with van der Waals surface area (Å²) in [5.74, 6) is -0.263. The zero-order valence-corrected chi connectivity index (χ0v) is 13.6. The summed E-state index contributed by atoms with van der Waals surface area (Å²) in [6.07, 6.45) is 0.316. The Morgan fingerprint density at radius 2 is 1.78 bits per heavy atom. The minimum atomic E-state index is -0.740. The van der Waals surface area contributed by atoms with Gasteiger partial charge in [-0.2, -0.15) is 25.3 Å². The molecule has 0 saturated carbocycles. The number of amides is 2. The number of nitrogens with two attached hydrogens (primary N) is 2. The van der Waals surface area contributed by atoms with Gasteiger partial charge in [-0.1, -0.05) is 29.2 Å². The maximum absolute atomic E-state index is 9.58. The number of rotatable bonds is 5. The number of thiol groups is 2. The summed E-state index contributed by atoms with van der Waals surface area (Å²) in [6.45, 7) is 2.84. The number of aliphatic hydroxyl groups excluding tert-OH is 2. The highest BCUT2D eigenvalue weighted by atomic mass is 127. The quantitative estimate of drug-likeness (QED) is 0.153. The zero-order chi connectivity index (χ0) is 15.1. The highest BCUT2D eigenvalue weighted by Gasteiger charge is 2.10. The van der Waals surface area contributed by atoms with Crippen LogP contribution in [0.25, 0.3) is 0 Å². The van der Waals surface area contributed by atoms with Gasteiger partial charge in [0.25, 0.3) is 0 Å². The van der Waals surface area contributed by atoms with Crippen molar-refractivity contribution in [3.05, 3.63) is 12.7 Å². The lowest BCUT2D eigenvalue weighted by Gasteiger charge is -2.11. The fraction of sp³-hybridized carbons (Fsp3) is 0.556. The van der Waals surface area contributed by atoms with E-state index in [1.165, 1.54) is 0 Å². The Balaban J connectivity index is -0.000000197. The van der Waals surface area contributed by atoms with E-state index in [-0.39, 0.29) is 17.8 Å². The van der Waals surface area contributed by atoms with Crippen LogP contribution in [0.4, 0.5) is 0 Å². The van der Waals surface area contributed by atoms with Crippen LogP contribution in [0.2, 0.25) is 0 Å². The van der Waals surface area contributed by atoms with Crippen molar-refractivity contribution < 1.29 is 19.8 Å². The van der Waals surface area contributed by atoms with Gasteiger partial charge in [0.15, 0.2) is 0 Å². The summed E-state index contributed by atoms with van der Waals surface area (Å²) in [6, 6.07) is 0. The number of hydrogen-bond donors (Lipinski definition) is 6. The molecule has 0 aromatic rings. The number of carbonyl (C=O) groups is 2. The maximum Gasteiger partial charge on any atom is 0.240 e. The van der Waals surface area contributed by atoms with E-state index in [0.29, 0.717) is 10.2 Å². The Morgan fingerprint density at radius 1 is 1.44 bits per heavy atom. The molecule has 0 aromatic carbocycles. The number of carbonyl (C=O) groups excluding carboxylic acids is 2. The fourth-order valence-corrected chi connectivity index (χ4v) is 0.581. The standard InChI is InChI=1S/C4H10O2S2.C3H5NO.C2H4INO/c5-1-3(6)4(8)2-7;1-2-3(4)5;3-1-2(4)5/h3-8H,1-2H2;2H,1H2,(H2,4,5);1H2,(H2,4,5)/t3-,4-;;/m1../s1. The third-order valence-corrected chi connectivity index (χ3v) is 3.11. The average Bonchev–Trinajstić information content (AvgIpc) is 2.37. The van der Waals surface area contributed by atoms with E-state index in [9.17, 15) is 9.59 Å². The Kier molecular flexibility index (Phi) is 21.9. The van der Waals surface area contributed by atoms with E-state index in [1.54, 1.807) is 0 Å². The van der Waals surface area contributed by atoms with E-state index < -0.39 is 12.0 Å². The lowest BCUT2D eigenvalue weighted by Crippen LogP contribution is -2.25. The summed E-state index contributed by atoms with van der Waals surface area (Å²) in [5, 5.41) is 16.8. The molecule has 108 valence electrons. The monoisotopic (exact) mass is 410 g/mol. The first kappa shape index (κ1) is 23.1. The third kappa shape index (κ3) is 25.0. The predicted molar refractivity (Wildman–Crippen MR) is 87.2 cm³/mol. The fourth-order valence-electron chi connectivity index (χ4n) is 0.243. The first-order valence-electron chi connectivity index (χ1n) is 4.60. The van der Waals surface area contributed by atoms with Crippen LogP contribution in [0, 0.1) is 0 Å². The van der Waals surface area contributed by atoms with Crippen LogP contribution in [0.5, 0.6) is 0 Å². The van der Waals surface area contributed by atoms with Gasteiger partial charge < -0.3 is 21.7 Å². The van der Waals surface area contributed by atoms with Crippen LogP contribution in [-0.4, -0.2) is 50.2 Å². The topological polar surface area (TPSA) is 127 Å². The van der Waals surface area contributed by atoms with Gasteiger partial charge in [-0.05, 0) is 6.08 Å². The smallest absolute Gasteiger partial charge is 0.240 e. The number of alkyl halides is 1. The molecule has 0 fully saturated rings. The highest BCUT2D eigenvalue weighted by molar-refractivity contribution is 14.1.